The number of ketones is 1. The van der Waals surface area contributed by atoms with E-state index in [1.807, 2.05) is 40.7 Å². The van der Waals surface area contributed by atoms with Gasteiger partial charge in [-0.15, -0.1) is 16.4 Å². The van der Waals surface area contributed by atoms with E-state index in [1.165, 1.54) is 11.3 Å². The second kappa shape index (κ2) is 7.02. The molecule has 2 aromatic rings. The van der Waals surface area contributed by atoms with E-state index >= 15 is 0 Å². The third-order valence-electron chi connectivity index (χ3n) is 4.86. The molecule has 0 atom stereocenters. The highest BCUT2D eigenvalue weighted by molar-refractivity contribution is 7.21. The number of rotatable bonds is 2. The molecule has 1 fully saturated rings. The molecule has 1 amide bonds. The minimum Gasteiger partial charge on any atom is -0.444 e. The van der Waals surface area contributed by atoms with Gasteiger partial charge in [0.15, 0.2) is 10.9 Å². The first-order valence-corrected chi connectivity index (χ1v) is 10.1. The van der Waals surface area contributed by atoms with Crippen molar-refractivity contribution >= 4 is 44.9 Å². The molecule has 1 saturated heterocycles. The van der Waals surface area contributed by atoms with Crippen molar-refractivity contribution in [1.29, 1.82) is 0 Å². The molecular weight excluding hydrogens is 386 g/mol. The van der Waals surface area contributed by atoms with Gasteiger partial charge in [0.1, 0.15) is 5.60 Å². The third-order valence-corrected chi connectivity index (χ3v) is 6.38. The summed E-state index contributed by atoms with van der Waals surface area (Å²) in [5.74, 6) is 0.0861. The Morgan fingerprint density at radius 3 is 2.44 bits per heavy atom. The molecule has 3 rings (SSSR count). The lowest BCUT2D eigenvalue weighted by Crippen LogP contribution is -2.46. The molecule has 0 unspecified atom stereocenters. The summed E-state index contributed by atoms with van der Waals surface area (Å²) in [6.07, 6.45) is 0.879. The average molecular weight is 410 g/mol. The van der Waals surface area contributed by atoms with Crippen LogP contribution in [0.1, 0.15) is 55.9 Å². The van der Waals surface area contributed by atoms with E-state index in [2.05, 4.69) is 10.2 Å². The van der Waals surface area contributed by atoms with Crippen LogP contribution in [0.3, 0.4) is 0 Å². The van der Waals surface area contributed by atoms with E-state index in [1.54, 1.807) is 4.90 Å². The number of piperidine rings is 1. The predicted octanol–water partition coefficient (Wildman–Crippen LogP) is 4.87. The maximum atomic E-state index is 13.2. The fourth-order valence-electron chi connectivity index (χ4n) is 3.18. The van der Waals surface area contributed by atoms with Crippen molar-refractivity contribution in [2.45, 2.75) is 53.1 Å². The Balaban J connectivity index is 1.76. The van der Waals surface area contributed by atoms with Gasteiger partial charge < -0.3 is 9.64 Å². The predicted molar refractivity (Wildman–Crippen MR) is 107 cm³/mol. The lowest BCUT2D eigenvalue weighted by molar-refractivity contribution is 0.0122. The van der Waals surface area contributed by atoms with E-state index in [0.29, 0.717) is 36.0 Å². The van der Waals surface area contributed by atoms with Gasteiger partial charge >= 0.3 is 6.09 Å². The second-order valence-corrected chi connectivity index (χ2v) is 9.70. The van der Waals surface area contributed by atoms with E-state index < -0.39 is 11.0 Å². The Morgan fingerprint density at radius 1 is 1.26 bits per heavy atom. The van der Waals surface area contributed by atoms with Crippen LogP contribution in [0.5, 0.6) is 0 Å². The van der Waals surface area contributed by atoms with E-state index in [9.17, 15) is 9.59 Å². The summed E-state index contributed by atoms with van der Waals surface area (Å²) in [5.41, 5.74) is -0.270. The Kier molecular flexibility index (Phi) is 5.20. The minimum atomic E-state index is -0.524. The van der Waals surface area contributed by atoms with Gasteiger partial charge in [-0.25, -0.2) is 4.79 Å². The molecule has 27 heavy (non-hydrogen) atoms. The van der Waals surface area contributed by atoms with Crippen LogP contribution in [-0.2, 0) is 4.74 Å². The first kappa shape index (κ1) is 20.0. The van der Waals surface area contributed by atoms with Gasteiger partial charge in [0.05, 0.1) is 15.3 Å². The van der Waals surface area contributed by atoms with Crippen LogP contribution in [-0.4, -0.2) is 45.7 Å². The Hall–Kier alpha value is -1.73. The molecule has 0 aliphatic carbocycles. The number of hydrogen-bond donors (Lipinski definition) is 0. The van der Waals surface area contributed by atoms with E-state index in [4.69, 9.17) is 16.3 Å². The molecule has 1 aliphatic heterocycles. The summed E-state index contributed by atoms with van der Waals surface area (Å²) in [4.78, 5) is 27.8. The Labute approximate surface area is 167 Å². The summed E-state index contributed by atoms with van der Waals surface area (Å²) in [6, 6.07) is 1.82. The van der Waals surface area contributed by atoms with Crippen LogP contribution in [0.15, 0.2) is 6.07 Å². The second-order valence-electron chi connectivity index (χ2n) is 8.29. The van der Waals surface area contributed by atoms with Crippen LogP contribution >= 0.6 is 22.9 Å². The van der Waals surface area contributed by atoms with Gasteiger partial charge in [-0.1, -0.05) is 18.5 Å². The van der Waals surface area contributed by atoms with Crippen molar-refractivity contribution in [3.63, 3.8) is 0 Å². The Bertz CT molecular complexity index is 856. The zero-order chi connectivity index (χ0) is 20.0. The molecule has 0 aromatic carbocycles. The van der Waals surface area contributed by atoms with E-state index in [-0.39, 0.29) is 11.9 Å². The number of fused-ring (bicyclic) bond motifs is 1. The highest BCUT2D eigenvalue weighted by Gasteiger charge is 2.40. The quantitative estimate of drug-likeness (QED) is 0.661. The topological polar surface area (TPSA) is 72.4 Å². The van der Waals surface area contributed by atoms with Gasteiger partial charge in [-0.2, -0.15) is 5.10 Å². The molecule has 146 valence electrons. The molecule has 0 spiro atoms. The van der Waals surface area contributed by atoms with Crippen LogP contribution < -0.4 is 0 Å². The van der Waals surface area contributed by atoms with Crippen LogP contribution in [0.4, 0.5) is 4.79 Å². The maximum absolute atomic E-state index is 13.2. The van der Waals surface area contributed by atoms with Crippen molar-refractivity contribution in [3.05, 3.63) is 21.8 Å². The summed E-state index contributed by atoms with van der Waals surface area (Å²) >= 11 is 7.55. The smallest absolute Gasteiger partial charge is 0.410 e. The molecule has 3 heterocycles. The number of carbonyl (C=O) groups excluding carboxylic acids is 2. The standard InChI is InChI=1S/C19H24ClN3O3S/c1-11-14-12(16(20)22-21-11)10-13(27-14)15(24)19(5)6-8-23(9-7-19)17(25)26-18(2,3)4/h10H,6-9H2,1-5H3. The van der Waals surface area contributed by atoms with Gasteiger partial charge in [0.25, 0.3) is 0 Å². The molecule has 0 bridgehead atoms. The lowest BCUT2D eigenvalue weighted by Gasteiger charge is -2.38. The first-order valence-electron chi connectivity index (χ1n) is 8.95. The van der Waals surface area contributed by atoms with Crippen LogP contribution in [0.25, 0.3) is 10.1 Å². The normalized spacial score (nSPS) is 17.2. The van der Waals surface area contributed by atoms with E-state index in [0.717, 1.165) is 15.8 Å². The maximum Gasteiger partial charge on any atom is 0.410 e. The molecule has 0 saturated carbocycles. The summed E-state index contributed by atoms with van der Waals surface area (Å²) in [5, 5.41) is 9.03. The SMILES string of the molecule is Cc1nnc(Cl)c2cc(C(=O)C3(C)CCN(C(=O)OC(C)(C)C)CC3)sc12. The number of hydrogen-bond acceptors (Lipinski definition) is 6. The molecule has 0 radical (unpaired) electrons. The summed E-state index contributed by atoms with van der Waals surface area (Å²) in [6.45, 7) is 10.4. The van der Waals surface area contributed by atoms with Gasteiger partial charge in [0.2, 0.25) is 0 Å². The van der Waals surface area contributed by atoms with Crippen molar-refractivity contribution in [3.8, 4) is 0 Å². The number of ether oxygens (including phenoxy) is 1. The fraction of sp³-hybridized carbons (Fsp3) is 0.579. The molecule has 1 aliphatic rings. The minimum absolute atomic E-state index is 0.0861. The zero-order valence-electron chi connectivity index (χ0n) is 16.3. The first-order chi connectivity index (χ1) is 12.5. The number of thiophene rings is 1. The number of aromatic nitrogens is 2. The molecular formula is C19H24ClN3O3S. The van der Waals surface area contributed by atoms with Crippen molar-refractivity contribution in [2.75, 3.05) is 13.1 Å². The summed E-state index contributed by atoms with van der Waals surface area (Å²) < 4.78 is 6.33. The van der Waals surface area contributed by atoms with Crippen LogP contribution in [0.2, 0.25) is 5.15 Å². The monoisotopic (exact) mass is 409 g/mol. The highest BCUT2D eigenvalue weighted by Crippen LogP contribution is 2.39. The zero-order valence-corrected chi connectivity index (χ0v) is 17.8. The van der Waals surface area contributed by atoms with Crippen molar-refractivity contribution in [2.24, 2.45) is 5.41 Å². The van der Waals surface area contributed by atoms with Gasteiger partial charge in [0, 0.05) is 23.9 Å². The number of amides is 1. The number of nitrogens with zero attached hydrogens (tertiary/aromatic N) is 3. The van der Waals surface area contributed by atoms with Gasteiger partial charge in [-0.05, 0) is 46.6 Å². The fourth-order valence-corrected chi connectivity index (χ4v) is 4.61. The van der Waals surface area contributed by atoms with Crippen molar-refractivity contribution < 1.29 is 14.3 Å². The van der Waals surface area contributed by atoms with Gasteiger partial charge in [-0.3, -0.25) is 4.79 Å². The van der Waals surface area contributed by atoms with Crippen LogP contribution in [0, 0.1) is 12.3 Å². The summed E-state index contributed by atoms with van der Waals surface area (Å²) in [7, 11) is 0. The molecule has 6 nitrogen and oxygen atoms in total. The average Bonchev–Trinajstić information content (AvgIpc) is 3.03. The molecule has 8 heteroatoms. The Morgan fingerprint density at radius 2 is 1.89 bits per heavy atom. The van der Waals surface area contributed by atoms with Crippen molar-refractivity contribution in [1.82, 2.24) is 15.1 Å². The molecule has 0 N–H and O–H groups in total. The molecule has 2 aromatic heterocycles. The number of likely N-dealkylation sites (tertiary alicyclic amines) is 1. The highest BCUT2D eigenvalue weighted by atomic mass is 35.5. The number of aryl methyl sites for hydroxylation is 1. The third kappa shape index (κ3) is 4.09. The number of Topliss-reactive ketones (excluding diaryl/α,β-unsaturated/α-hetero) is 1. The number of carbonyl (C=O) groups is 2. The number of halogens is 1. The largest absolute Gasteiger partial charge is 0.444 e. The lowest BCUT2D eigenvalue weighted by atomic mass is 9.76.